The van der Waals surface area contributed by atoms with Crippen molar-refractivity contribution >= 4 is 11.6 Å². The summed E-state index contributed by atoms with van der Waals surface area (Å²) in [5.41, 5.74) is 8.19. The molecule has 1 heterocycles. The molecule has 1 amide bonds. The number of likely N-dealkylation sites (tertiary alicyclic amines) is 1. The molecule has 2 N–H and O–H groups in total. The van der Waals surface area contributed by atoms with Crippen LogP contribution in [0.3, 0.4) is 0 Å². The average molecular weight is 246 g/mol. The molecule has 1 aromatic carbocycles. The van der Waals surface area contributed by atoms with Gasteiger partial charge in [0.15, 0.2) is 0 Å². The molecule has 0 spiro atoms. The van der Waals surface area contributed by atoms with E-state index in [2.05, 4.69) is 13.8 Å². The zero-order valence-electron chi connectivity index (χ0n) is 11.4. The molecule has 1 fully saturated rings. The normalized spacial score (nSPS) is 24.1. The average Bonchev–Trinajstić information content (AvgIpc) is 2.32. The lowest BCUT2D eigenvalue weighted by Gasteiger charge is -2.38. The smallest absolute Gasteiger partial charge is 0.254 e. The number of benzene rings is 1. The van der Waals surface area contributed by atoms with Gasteiger partial charge in [0.05, 0.1) is 0 Å². The van der Waals surface area contributed by atoms with E-state index in [9.17, 15) is 4.79 Å². The van der Waals surface area contributed by atoms with Crippen molar-refractivity contribution in [2.45, 2.75) is 39.7 Å². The predicted molar refractivity (Wildman–Crippen MR) is 74.5 cm³/mol. The highest BCUT2D eigenvalue weighted by atomic mass is 16.2. The van der Waals surface area contributed by atoms with Crippen molar-refractivity contribution in [3.8, 4) is 0 Å². The number of aryl methyl sites for hydroxylation is 1. The van der Waals surface area contributed by atoms with Gasteiger partial charge in [0, 0.05) is 23.8 Å². The molecule has 2 atom stereocenters. The molecule has 0 aromatic heterocycles. The van der Waals surface area contributed by atoms with E-state index in [1.54, 1.807) is 6.07 Å². The zero-order valence-corrected chi connectivity index (χ0v) is 11.4. The van der Waals surface area contributed by atoms with Crippen molar-refractivity contribution in [2.24, 2.45) is 5.92 Å². The second-order valence-electron chi connectivity index (χ2n) is 5.43. The summed E-state index contributed by atoms with van der Waals surface area (Å²) in [6.07, 6.45) is 2.32. The number of carbonyl (C=O) groups excluding carboxylic acids is 1. The first-order chi connectivity index (χ1) is 8.50. The van der Waals surface area contributed by atoms with Crippen LogP contribution in [0.5, 0.6) is 0 Å². The molecule has 0 radical (unpaired) electrons. The van der Waals surface area contributed by atoms with Crippen molar-refractivity contribution in [3.05, 3.63) is 29.3 Å². The summed E-state index contributed by atoms with van der Waals surface area (Å²) in [5, 5.41) is 0. The quantitative estimate of drug-likeness (QED) is 0.774. The highest BCUT2D eigenvalue weighted by Crippen LogP contribution is 2.25. The maximum atomic E-state index is 12.6. The molecule has 0 bridgehead atoms. The van der Waals surface area contributed by atoms with Gasteiger partial charge in [-0.3, -0.25) is 4.79 Å². The largest absolute Gasteiger partial charge is 0.399 e. The number of nitrogens with two attached hydrogens (primary N) is 1. The van der Waals surface area contributed by atoms with Crippen LogP contribution < -0.4 is 5.73 Å². The van der Waals surface area contributed by atoms with Gasteiger partial charge in [0.25, 0.3) is 5.91 Å². The molecule has 1 saturated heterocycles. The third kappa shape index (κ3) is 2.35. The van der Waals surface area contributed by atoms with Crippen LogP contribution >= 0.6 is 0 Å². The number of hydrogen-bond donors (Lipinski definition) is 1. The Morgan fingerprint density at radius 2 is 2.11 bits per heavy atom. The molecule has 1 aliphatic heterocycles. The van der Waals surface area contributed by atoms with Crippen molar-refractivity contribution < 1.29 is 4.79 Å². The molecular formula is C15H22N2O. The van der Waals surface area contributed by atoms with Crippen LogP contribution in [0.25, 0.3) is 0 Å². The van der Waals surface area contributed by atoms with Crippen LogP contribution in [0.1, 0.15) is 42.6 Å². The third-order valence-electron chi connectivity index (χ3n) is 4.12. The van der Waals surface area contributed by atoms with Gasteiger partial charge in [0.2, 0.25) is 0 Å². The number of carbonyl (C=O) groups is 1. The van der Waals surface area contributed by atoms with Crippen LogP contribution in [0, 0.1) is 12.8 Å². The first-order valence-electron chi connectivity index (χ1n) is 6.68. The van der Waals surface area contributed by atoms with Crippen LogP contribution in [-0.4, -0.2) is 23.4 Å². The van der Waals surface area contributed by atoms with Crippen molar-refractivity contribution in [1.29, 1.82) is 0 Å². The Bertz CT molecular complexity index is 456. The van der Waals surface area contributed by atoms with E-state index >= 15 is 0 Å². The van der Waals surface area contributed by atoms with E-state index in [1.165, 1.54) is 6.42 Å². The van der Waals surface area contributed by atoms with Crippen LogP contribution in [0.4, 0.5) is 5.69 Å². The molecule has 3 heteroatoms. The van der Waals surface area contributed by atoms with Crippen LogP contribution in [-0.2, 0) is 0 Å². The first-order valence-corrected chi connectivity index (χ1v) is 6.68. The fourth-order valence-corrected chi connectivity index (χ4v) is 2.70. The van der Waals surface area contributed by atoms with Gasteiger partial charge in [-0.15, -0.1) is 0 Å². The standard InChI is InChI=1S/C15H22N2O/c1-10-5-4-8-17(12(10)3)15(18)14-7-6-13(16)9-11(14)2/h6-7,9-10,12H,4-5,8,16H2,1-3H3. The fourth-order valence-electron chi connectivity index (χ4n) is 2.70. The Labute approximate surface area is 109 Å². The number of amides is 1. The van der Waals surface area contributed by atoms with Gasteiger partial charge >= 0.3 is 0 Å². The molecule has 98 valence electrons. The van der Waals surface area contributed by atoms with Gasteiger partial charge in [-0.05, 0) is 56.4 Å². The van der Waals surface area contributed by atoms with E-state index in [0.29, 0.717) is 17.6 Å². The number of nitrogens with zero attached hydrogens (tertiary/aromatic N) is 1. The molecule has 0 aliphatic carbocycles. The minimum absolute atomic E-state index is 0.145. The van der Waals surface area contributed by atoms with Gasteiger partial charge in [-0.2, -0.15) is 0 Å². The lowest BCUT2D eigenvalue weighted by atomic mass is 9.91. The Hall–Kier alpha value is -1.51. The first kappa shape index (κ1) is 12.9. The molecule has 0 saturated carbocycles. The van der Waals surface area contributed by atoms with E-state index in [-0.39, 0.29) is 5.91 Å². The van der Waals surface area contributed by atoms with E-state index in [1.807, 2.05) is 24.0 Å². The number of piperidine rings is 1. The second-order valence-corrected chi connectivity index (χ2v) is 5.43. The van der Waals surface area contributed by atoms with Crippen molar-refractivity contribution in [2.75, 3.05) is 12.3 Å². The highest BCUT2D eigenvalue weighted by molar-refractivity contribution is 5.96. The maximum absolute atomic E-state index is 12.6. The number of rotatable bonds is 1. The fraction of sp³-hybridized carbons (Fsp3) is 0.533. The molecule has 2 unspecified atom stereocenters. The van der Waals surface area contributed by atoms with Crippen LogP contribution in [0.2, 0.25) is 0 Å². The summed E-state index contributed by atoms with van der Waals surface area (Å²) in [7, 11) is 0. The number of anilines is 1. The SMILES string of the molecule is Cc1cc(N)ccc1C(=O)N1CCCC(C)C1C. The molecule has 18 heavy (non-hydrogen) atoms. The Morgan fingerprint density at radius 3 is 2.78 bits per heavy atom. The van der Waals surface area contributed by atoms with E-state index < -0.39 is 0 Å². The predicted octanol–water partition coefficient (Wildman–Crippen LogP) is 2.84. The Balaban J connectivity index is 2.25. The third-order valence-corrected chi connectivity index (χ3v) is 4.12. The van der Waals surface area contributed by atoms with E-state index in [0.717, 1.165) is 24.1 Å². The second kappa shape index (κ2) is 5.01. The molecule has 1 aliphatic rings. The highest BCUT2D eigenvalue weighted by Gasteiger charge is 2.29. The summed E-state index contributed by atoms with van der Waals surface area (Å²) >= 11 is 0. The minimum Gasteiger partial charge on any atom is -0.399 e. The summed E-state index contributed by atoms with van der Waals surface area (Å²) in [6.45, 7) is 7.18. The van der Waals surface area contributed by atoms with E-state index in [4.69, 9.17) is 5.73 Å². The van der Waals surface area contributed by atoms with Crippen LogP contribution in [0.15, 0.2) is 18.2 Å². The summed E-state index contributed by atoms with van der Waals surface area (Å²) < 4.78 is 0. The molecule has 1 aromatic rings. The van der Waals surface area contributed by atoms with Gasteiger partial charge in [-0.25, -0.2) is 0 Å². The monoisotopic (exact) mass is 246 g/mol. The lowest BCUT2D eigenvalue weighted by Crippen LogP contribution is -2.46. The maximum Gasteiger partial charge on any atom is 0.254 e. The van der Waals surface area contributed by atoms with Crippen molar-refractivity contribution in [3.63, 3.8) is 0 Å². The zero-order chi connectivity index (χ0) is 13.3. The summed E-state index contributed by atoms with van der Waals surface area (Å²) in [5.74, 6) is 0.725. The summed E-state index contributed by atoms with van der Waals surface area (Å²) in [6, 6.07) is 5.84. The van der Waals surface area contributed by atoms with Crippen molar-refractivity contribution in [1.82, 2.24) is 4.90 Å². The Morgan fingerprint density at radius 1 is 1.39 bits per heavy atom. The van der Waals surface area contributed by atoms with Gasteiger partial charge in [-0.1, -0.05) is 6.92 Å². The number of hydrogen-bond acceptors (Lipinski definition) is 2. The Kier molecular flexibility index (Phi) is 3.60. The lowest BCUT2D eigenvalue weighted by molar-refractivity contribution is 0.0550. The topological polar surface area (TPSA) is 46.3 Å². The number of nitrogen functional groups attached to an aromatic ring is 1. The van der Waals surface area contributed by atoms with Gasteiger partial charge < -0.3 is 10.6 Å². The summed E-state index contributed by atoms with van der Waals surface area (Å²) in [4.78, 5) is 14.6. The molecule has 2 rings (SSSR count). The van der Waals surface area contributed by atoms with Gasteiger partial charge in [0.1, 0.15) is 0 Å². The molecular weight excluding hydrogens is 224 g/mol. The minimum atomic E-state index is 0.145. The molecule has 3 nitrogen and oxygen atoms in total.